The van der Waals surface area contributed by atoms with Crippen LogP contribution in [-0.2, 0) is 16.1 Å². The lowest BCUT2D eigenvalue weighted by Crippen LogP contribution is -2.32. The molecular formula is C21H23N3O3S. The number of methoxy groups -OCH3 is 1. The molecule has 2 amide bonds. The van der Waals surface area contributed by atoms with Crippen LogP contribution >= 0.6 is 11.8 Å². The van der Waals surface area contributed by atoms with Gasteiger partial charge in [-0.2, -0.15) is 0 Å². The first-order chi connectivity index (χ1) is 13.5. The molecule has 0 radical (unpaired) electrons. The van der Waals surface area contributed by atoms with Crippen LogP contribution in [0.25, 0.3) is 0 Å². The van der Waals surface area contributed by atoms with Crippen molar-refractivity contribution in [2.24, 2.45) is 4.99 Å². The summed E-state index contributed by atoms with van der Waals surface area (Å²) in [6.07, 6.45) is 0.122. The second kappa shape index (κ2) is 8.93. The first-order valence-electron chi connectivity index (χ1n) is 8.95. The van der Waals surface area contributed by atoms with Crippen LogP contribution in [0.1, 0.15) is 17.5 Å². The Balaban J connectivity index is 1.56. The minimum atomic E-state index is -0.454. The first-order valence-corrected chi connectivity index (χ1v) is 9.83. The lowest BCUT2D eigenvalue weighted by Gasteiger charge is -2.09. The maximum absolute atomic E-state index is 12.5. The van der Waals surface area contributed by atoms with E-state index >= 15 is 0 Å². The molecule has 1 N–H and O–H groups in total. The van der Waals surface area contributed by atoms with E-state index < -0.39 is 5.25 Å². The van der Waals surface area contributed by atoms with Gasteiger partial charge in [0.25, 0.3) is 0 Å². The van der Waals surface area contributed by atoms with E-state index in [4.69, 9.17) is 4.74 Å². The SMILES string of the molecule is COc1ccc(CNC(=O)CC2SC(=Nc3ccc(C)cc3)N(C)C2=O)cc1. The van der Waals surface area contributed by atoms with Crippen LogP contribution in [0.15, 0.2) is 53.5 Å². The minimum Gasteiger partial charge on any atom is -0.497 e. The number of carbonyl (C=O) groups is 2. The number of benzene rings is 2. The lowest BCUT2D eigenvalue weighted by molar-refractivity contribution is -0.128. The number of ether oxygens (including phenoxy) is 1. The Hall–Kier alpha value is -2.80. The second-order valence-corrected chi connectivity index (χ2v) is 7.73. The molecule has 1 unspecified atom stereocenters. The number of nitrogens with zero attached hydrogens (tertiary/aromatic N) is 2. The topological polar surface area (TPSA) is 71.0 Å². The number of aryl methyl sites for hydroxylation is 1. The number of hydrogen-bond acceptors (Lipinski definition) is 5. The molecule has 1 heterocycles. The Bertz CT molecular complexity index is 879. The summed E-state index contributed by atoms with van der Waals surface area (Å²) in [5.41, 5.74) is 2.91. The van der Waals surface area contributed by atoms with Crippen molar-refractivity contribution in [3.05, 3.63) is 59.7 Å². The van der Waals surface area contributed by atoms with Gasteiger partial charge < -0.3 is 10.1 Å². The van der Waals surface area contributed by atoms with Crippen molar-refractivity contribution in [3.8, 4) is 5.75 Å². The molecule has 2 aromatic carbocycles. The molecule has 0 saturated carbocycles. The highest BCUT2D eigenvalue weighted by molar-refractivity contribution is 8.15. The number of carbonyl (C=O) groups excluding carboxylic acids is 2. The number of aliphatic imine (C=N–C) groups is 1. The monoisotopic (exact) mass is 397 g/mol. The zero-order valence-corrected chi connectivity index (χ0v) is 17.0. The zero-order valence-electron chi connectivity index (χ0n) is 16.1. The maximum atomic E-state index is 12.5. The fourth-order valence-corrected chi connectivity index (χ4v) is 3.87. The largest absolute Gasteiger partial charge is 0.497 e. The molecule has 2 aromatic rings. The molecule has 28 heavy (non-hydrogen) atoms. The van der Waals surface area contributed by atoms with Gasteiger partial charge in [-0.15, -0.1) is 0 Å². The van der Waals surface area contributed by atoms with Crippen molar-refractivity contribution in [3.63, 3.8) is 0 Å². The van der Waals surface area contributed by atoms with Crippen LogP contribution in [0.3, 0.4) is 0 Å². The van der Waals surface area contributed by atoms with Crippen LogP contribution in [0.2, 0.25) is 0 Å². The summed E-state index contributed by atoms with van der Waals surface area (Å²) in [4.78, 5) is 30.8. The van der Waals surface area contributed by atoms with Crippen molar-refractivity contribution < 1.29 is 14.3 Å². The molecule has 1 saturated heterocycles. The summed E-state index contributed by atoms with van der Waals surface area (Å²) in [6, 6.07) is 15.3. The number of hydrogen-bond donors (Lipinski definition) is 1. The van der Waals surface area contributed by atoms with Gasteiger partial charge in [0.15, 0.2) is 5.17 Å². The van der Waals surface area contributed by atoms with Gasteiger partial charge in [-0.3, -0.25) is 14.5 Å². The summed E-state index contributed by atoms with van der Waals surface area (Å²) >= 11 is 1.33. The van der Waals surface area contributed by atoms with E-state index in [1.165, 1.54) is 16.7 Å². The molecule has 146 valence electrons. The van der Waals surface area contributed by atoms with Gasteiger partial charge in [-0.05, 0) is 36.8 Å². The molecule has 0 aromatic heterocycles. The second-order valence-electron chi connectivity index (χ2n) is 6.56. The Morgan fingerprint density at radius 1 is 1.18 bits per heavy atom. The summed E-state index contributed by atoms with van der Waals surface area (Å²) in [5.74, 6) is 0.508. The van der Waals surface area contributed by atoms with Crippen molar-refractivity contribution in [2.75, 3.05) is 14.2 Å². The third-order valence-corrected chi connectivity index (χ3v) is 5.65. The van der Waals surface area contributed by atoms with E-state index in [1.54, 1.807) is 14.2 Å². The molecule has 0 aliphatic carbocycles. The molecule has 1 aliphatic rings. The van der Waals surface area contributed by atoms with E-state index in [-0.39, 0.29) is 18.2 Å². The highest BCUT2D eigenvalue weighted by atomic mass is 32.2. The number of amides is 2. The average molecular weight is 398 g/mol. The normalized spacial score (nSPS) is 17.8. The lowest BCUT2D eigenvalue weighted by atomic mass is 10.2. The summed E-state index contributed by atoms with van der Waals surface area (Å²) in [5, 5.41) is 3.02. The third-order valence-electron chi connectivity index (χ3n) is 4.42. The molecule has 1 atom stereocenters. The number of amidine groups is 1. The van der Waals surface area contributed by atoms with Crippen LogP contribution in [0.5, 0.6) is 5.75 Å². The third kappa shape index (κ3) is 4.92. The van der Waals surface area contributed by atoms with Gasteiger partial charge in [0.1, 0.15) is 11.0 Å². The molecule has 1 aliphatic heterocycles. The Labute approximate surface area is 169 Å². The zero-order chi connectivity index (χ0) is 20.1. The standard InChI is InChI=1S/C21H23N3O3S/c1-14-4-8-16(9-5-14)23-21-24(2)20(26)18(28-21)12-19(25)22-13-15-6-10-17(27-3)11-7-15/h4-11,18H,12-13H2,1-3H3,(H,22,25). The fraction of sp³-hybridized carbons (Fsp3) is 0.286. The summed E-state index contributed by atoms with van der Waals surface area (Å²) in [7, 11) is 3.30. The number of rotatable bonds is 6. The van der Waals surface area contributed by atoms with Crippen LogP contribution < -0.4 is 10.1 Å². The van der Waals surface area contributed by atoms with Crippen molar-refractivity contribution >= 4 is 34.4 Å². The predicted molar refractivity (Wildman–Crippen MR) is 112 cm³/mol. The highest BCUT2D eigenvalue weighted by Gasteiger charge is 2.36. The quantitative estimate of drug-likeness (QED) is 0.812. The fourth-order valence-electron chi connectivity index (χ4n) is 2.71. The Kier molecular flexibility index (Phi) is 6.36. The van der Waals surface area contributed by atoms with Crippen LogP contribution in [0.4, 0.5) is 5.69 Å². The van der Waals surface area contributed by atoms with Crippen molar-refractivity contribution in [1.29, 1.82) is 0 Å². The van der Waals surface area contributed by atoms with E-state index in [0.717, 1.165) is 22.6 Å². The van der Waals surface area contributed by atoms with E-state index in [2.05, 4.69) is 10.3 Å². The van der Waals surface area contributed by atoms with Gasteiger partial charge in [0.2, 0.25) is 11.8 Å². The van der Waals surface area contributed by atoms with Gasteiger partial charge in [0, 0.05) is 20.0 Å². The van der Waals surface area contributed by atoms with Crippen molar-refractivity contribution in [1.82, 2.24) is 10.2 Å². The molecule has 1 fully saturated rings. The molecule has 3 rings (SSSR count). The van der Waals surface area contributed by atoms with E-state index in [1.807, 2.05) is 55.5 Å². The molecular weight excluding hydrogens is 374 g/mol. The smallest absolute Gasteiger partial charge is 0.242 e. The predicted octanol–water partition coefficient (Wildman–Crippen LogP) is 3.27. The highest BCUT2D eigenvalue weighted by Crippen LogP contribution is 2.30. The van der Waals surface area contributed by atoms with Gasteiger partial charge in [0.05, 0.1) is 12.8 Å². The van der Waals surface area contributed by atoms with Crippen LogP contribution in [-0.4, -0.2) is 41.3 Å². The molecule has 6 nitrogen and oxygen atoms in total. The number of thioether (sulfide) groups is 1. The van der Waals surface area contributed by atoms with Crippen LogP contribution in [0, 0.1) is 6.92 Å². The first kappa shape index (κ1) is 19.9. The summed E-state index contributed by atoms with van der Waals surface area (Å²) in [6.45, 7) is 2.42. The molecule has 0 bridgehead atoms. The van der Waals surface area contributed by atoms with Gasteiger partial charge in [-0.1, -0.05) is 41.6 Å². The Morgan fingerprint density at radius 2 is 1.86 bits per heavy atom. The van der Waals surface area contributed by atoms with Gasteiger partial charge in [-0.25, -0.2) is 4.99 Å². The average Bonchev–Trinajstić information content (AvgIpc) is 2.96. The van der Waals surface area contributed by atoms with Crippen molar-refractivity contribution in [2.45, 2.75) is 25.1 Å². The maximum Gasteiger partial charge on any atom is 0.242 e. The van der Waals surface area contributed by atoms with E-state index in [9.17, 15) is 9.59 Å². The Morgan fingerprint density at radius 3 is 2.50 bits per heavy atom. The molecule has 0 spiro atoms. The molecule has 7 heteroatoms. The van der Waals surface area contributed by atoms with E-state index in [0.29, 0.717) is 11.7 Å². The summed E-state index contributed by atoms with van der Waals surface area (Å²) < 4.78 is 5.12. The minimum absolute atomic E-state index is 0.101. The van der Waals surface area contributed by atoms with Gasteiger partial charge >= 0.3 is 0 Å². The number of nitrogens with one attached hydrogen (secondary N) is 1.